The van der Waals surface area contributed by atoms with Crippen LogP contribution in [0.5, 0.6) is 0 Å². The van der Waals surface area contributed by atoms with Gasteiger partial charge >= 0.3 is 5.97 Å². The third-order valence-electron chi connectivity index (χ3n) is 5.21. The summed E-state index contributed by atoms with van der Waals surface area (Å²) in [5.74, 6) is -5.23. The zero-order chi connectivity index (χ0) is 20.5. The maximum Gasteiger partial charge on any atom is 0.339 e. The number of hydrogen-bond donors (Lipinski definition) is 2. The van der Waals surface area contributed by atoms with Gasteiger partial charge in [0, 0.05) is 27.3 Å². The van der Waals surface area contributed by atoms with E-state index < -0.39 is 17.8 Å². The lowest BCUT2D eigenvalue weighted by Gasteiger charge is -2.31. The van der Waals surface area contributed by atoms with Crippen molar-refractivity contribution in [2.75, 3.05) is 5.32 Å². The van der Waals surface area contributed by atoms with Crippen molar-refractivity contribution in [3.05, 3.63) is 39.7 Å². The maximum atomic E-state index is 13.4. The average Bonchev–Trinajstić information content (AvgIpc) is 3.05. The van der Waals surface area contributed by atoms with Crippen LogP contribution < -0.4 is 5.32 Å². The second kappa shape index (κ2) is 8.29. The van der Waals surface area contributed by atoms with E-state index in [9.17, 15) is 23.5 Å². The van der Waals surface area contributed by atoms with Gasteiger partial charge in [0.2, 0.25) is 11.8 Å². The molecule has 1 fully saturated rings. The van der Waals surface area contributed by atoms with Crippen LogP contribution >= 0.6 is 27.3 Å². The normalized spacial score (nSPS) is 20.0. The molecular formula is C20H20BrF2NO3S. The van der Waals surface area contributed by atoms with E-state index in [1.807, 2.05) is 12.1 Å². The Morgan fingerprint density at radius 1 is 1.18 bits per heavy atom. The minimum Gasteiger partial charge on any atom is -0.478 e. The van der Waals surface area contributed by atoms with Crippen LogP contribution in [0.25, 0.3) is 11.1 Å². The summed E-state index contributed by atoms with van der Waals surface area (Å²) in [5.41, 5.74) is 1.33. The van der Waals surface area contributed by atoms with E-state index in [0.29, 0.717) is 31.2 Å². The van der Waals surface area contributed by atoms with Crippen LogP contribution in [0, 0.1) is 11.8 Å². The van der Waals surface area contributed by atoms with Gasteiger partial charge in [0.15, 0.2) is 0 Å². The summed E-state index contributed by atoms with van der Waals surface area (Å²) in [6.07, 6.45) is 1.35. The first-order valence-electron chi connectivity index (χ1n) is 8.96. The highest BCUT2D eigenvalue weighted by molar-refractivity contribution is 9.10. The summed E-state index contributed by atoms with van der Waals surface area (Å²) in [4.78, 5) is 24.4. The lowest BCUT2D eigenvalue weighted by atomic mass is 9.79. The van der Waals surface area contributed by atoms with Crippen molar-refractivity contribution in [3.63, 3.8) is 0 Å². The molecule has 8 heteroatoms. The van der Waals surface area contributed by atoms with E-state index in [4.69, 9.17) is 0 Å². The van der Waals surface area contributed by atoms with Crippen LogP contribution in [-0.4, -0.2) is 22.9 Å². The number of carboxylic acid groups (broad SMARTS) is 1. The molecule has 3 rings (SSSR count). The van der Waals surface area contributed by atoms with Gasteiger partial charge in [-0.3, -0.25) is 4.79 Å². The molecule has 28 heavy (non-hydrogen) atoms. The van der Waals surface area contributed by atoms with Gasteiger partial charge in [-0.1, -0.05) is 28.1 Å². The number of benzene rings is 1. The Balaban J connectivity index is 1.75. The van der Waals surface area contributed by atoms with E-state index in [2.05, 4.69) is 21.2 Å². The summed E-state index contributed by atoms with van der Waals surface area (Å²) < 4.78 is 27.8. The van der Waals surface area contributed by atoms with E-state index in [0.717, 1.165) is 28.3 Å². The Morgan fingerprint density at radius 3 is 2.32 bits per heavy atom. The van der Waals surface area contributed by atoms with Gasteiger partial charge in [-0.05, 0) is 50.3 Å². The molecule has 0 aliphatic heterocycles. The van der Waals surface area contributed by atoms with Crippen LogP contribution in [0.3, 0.4) is 0 Å². The molecule has 1 amide bonds. The Bertz CT molecular complexity index is 869. The van der Waals surface area contributed by atoms with Crippen LogP contribution in [0.15, 0.2) is 34.1 Å². The first kappa shape index (κ1) is 20.9. The number of carboxylic acids is 1. The molecule has 1 heterocycles. The molecule has 1 aliphatic carbocycles. The summed E-state index contributed by atoms with van der Waals surface area (Å²) in [6, 6.07) is 7.24. The average molecular weight is 472 g/mol. The van der Waals surface area contributed by atoms with Crippen LogP contribution in [-0.2, 0) is 4.79 Å². The van der Waals surface area contributed by atoms with E-state index in [1.54, 1.807) is 17.5 Å². The first-order chi connectivity index (χ1) is 13.2. The van der Waals surface area contributed by atoms with Gasteiger partial charge in [0.25, 0.3) is 0 Å². The predicted molar refractivity (Wildman–Crippen MR) is 109 cm³/mol. The summed E-state index contributed by atoms with van der Waals surface area (Å²) in [7, 11) is 0. The molecule has 1 aromatic heterocycles. The maximum absolute atomic E-state index is 13.4. The number of carbonyl (C=O) groups excluding carboxylic acids is 1. The topological polar surface area (TPSA) is 66.4 Å². The Labute approximate surface area is 174 Å². The number of anilines is 1. The fourth-order valence-corrected chi connectivity index (χ4v) is 4.81. The number of aromatic carboxylic acids is 1. The monoisotopic (exact) mass is 471 g/mol. The Hall–Kier alpha value is -1.80. The van der Waals surface area contributed by atoms with Gasteiger partial charge in [-0.2, -0.15) is 0 Å². The Kier molecular flexibility index (Phi) is 6.19. The number of rotatable bonds is 5. The molecule has 0 bridgehead atoms. The molecule has 0 saturated heterocycles. The summed E-state index contributed by atoms with van der Waals surface area (Å²) in [6.45, 7) is 0.923. The van der Waals surface area contributed by atoms with Crippen molar-refractivity contribution < 1.29 is 23.5 Å². The molecule has 1 aliphatic rings. The highest BCUT2D eigenvalue weighted by Crippen LogP contribution is 2.40. The molecule has 0 spiro atoms. The van der Waals surface area contributed by atoms with Crippen molar-refractivity contribution in [1.82, 2.24) is 0 Å². The number of amides is 1. The van der Waals surface area contributed by atoms with Crippen LogP contribution in [0.2, 0.25) is 0 Å². The number of nitrogens with one attached hydrogen (secondary N) is 1. The van der Waals surface area contributed by atoms with Crippen LogP contribution in [0.1, 0.15) is 43.0 Å². The van der Waals surface area contributed by atoms with Crippen molar-refractivity contribution in [2.24, 2.45) is 11.8 Å². The van der Waals surface area contributed by atoms with E-state index in [1.165, 1.54) is 0 Å². The number of halogens is 3. The van der Waals surface area contributed by atoms with Gasteiger partial charge < -0.3 is 10.4 Å². The summed E-state index contributed by atoms with van der Waals surface area (Å²) >= 11 is 4.50. The number of hydrogen-bond acceptors (Lipinski definition) is 3. The number of thiophene rings is 1. The minimum absolute atomic E-state index is 0.0504. The molecular weight excluding hydrogens is 452 g/mol. The highest BCUT2D eigenvalue weighted by Gasteiger charge is 2.38. The molecule has 0 atom stereocenters. The summed E-state index contributed by atoms with van der Waals surface area (Å²) in [5, 5.41) is 14.4. The Morgan fingerprint density at radius 2 is 1.79 bits per heavy atom. The first-order valence-corrected chi connectivity index (χ1v) is 10.6. The van der Waals surface area contributed by atoms with Crippen LogP contribution in [0.4, 0.5) is 13.8 Å². The van der Waals surface area contributed by atoms with Gasteiger partial charge in [-0.25, -0.2) is 13.6 Å². The second-order valence-corrected chi connectivity index (χ2v) is 8.95. The molecule has 2 N–H and O–H groups in total. The SMILES string of the molecule is CC(F)(F)C1CCC(C(=O)Nc2scc(-c3ccc(Br)cc3)c2C(=O)O)CC1. The third-order valence-corrected chi connectivity index (χ3v) is 6.64. The van der Waals surface area contributed by atoms with E-state index >= 15 is 0 Å². The quantitative estimate of drug-likeness (QED) is 0.539. The fraction of sp³-hybridized carbons (Fsp3) is 0.400. The molecule has 4 nitrogen and oxygen atoms in total. The molecule has 0 radical (unpaired) electrons. The fourth-order valence-electron chi connectivity index (χ4n) is 3.58. The predicted octanol–water partition coefficient (Wildman–Crippen LogP) is 6.28. The molecule has 2 aromatic rings. The number of alkyl halides is 2. The minimum atomic E-state index is -2.73. The third kappa shape index (κ3) is 4.60. The second-order valence-electron chi connectivity index (χ2n) is 7.16. The van der Waals surface area contributed by atoms with Gasteiger partial charge in [0.05, 0.1) is 0 Å². The lowest BCUT2D eigenvalue weighted by Crippen LogP contribution is -2.33. The van der Waals surface area contributed by atoms with Crippen molar-refractivity contribution in [2.45, 2.75) is 38.5 Å². The highest BCUT2D eigenvalue weighted by atomic mass is 79.9. The lowest BCUT2D eigenvalue weighted by molar-refractivity contribution is -0.123. The van der Waals surface area contributed by atoms with E-state index in [-0.39, 0.29) is 22.4 Å². The molecule has 1 aromatic carbocycles. The van der Waals surface area contributed by atoms with Crippen molar-refractivity contribution >= 4 is 44.1 Å². The largest absolute Gasteiger partial charge is 0.478 e. The zero-order valence-electron chi connectivity index (χ0n) is 15.2. The van der Waals surface area contributed by atoms with Crippen molar-refractivity contribution in [1.29, 1.82) is 0 Å². The van der Waals surface area contributed by atoms with Gasteiger partial charge in [-0.15, -0.1) is 11.3 Å². The number of carbonyl (C=O) groups is 2. The molecule has 0 unspecified atom stereocenters. The molecule has 1 saturated carbocycles. The standard InChI is InChI=1S/C20H20BrF2NO3S/c1-20(22,23)13-6-2-12(3-7-13)17(25)24-18-16(19(26)27)15(10-28-18)11-4-8-14(21)9-5-11/h4-5,8-10,12-13H,2-3,6-7H2,1H3,(H,24,25)(H,26,27). The molecule has 150 valence electrons. The smallest absolute Gasteiger partial charge is 0.339 e. The van der Waals surface area contributed by atoms with Crippen molar-refractivity contribution in [3.8, 4) is 11.1 Å². The zero-order valence-corrected chi connectivity index (χ0v) is 17.6. The van der Waals surface area contributed by atoms with Gasteiger partial charge in [0.1, 0.15) is 10.6 Å².